The number of anilines is 1. The van der Waals surface area contributed by atoms with Crippen LogP contribution >= 0.6 is 11.6 Å². The Hall–Kier alpha value is -2.11. The van der Waals surface area contributed by atoms with E-state index in [1.807, 2.05) is 0 Å². The minimum Gasteiger partial charge on any atom is -0.456 e. The molecule has 3 N–H and O–H groups in total. The zero-order valence-corrected chi connectivity index (χ0v) is 14.0. The Morgan fingerprint density at radius 3 is 2.79 bits per heavy atom. The summed E-state index contributed by atoms with van der Waals surface area (Å²) in [5, 5.41) is 3.37. The quantitative estimate of drug-likeness (QED) is 0.863. The van der Waals surface area contributed by atoms with Gasteiger partial charge in [0.2, 0.25) is 5.91 Å². The van der Waals surface area contributed by atoms with E-state index in [0.717, 1.165) is 19.3 Å². The lowest BCUT2D eigenvalue weighted by atomic mass is 9.95. The second-order valence-corrected chi connectivity index (χ2v) is 6.36. The Kier molecular flexibility index (Phi) is 5.33. The smallest absolute Gasteiger partial charge is 0.227 e. The van der Waals surface area contributed by atoms with Gasteiger partial charge in [0.05, 0.1) is 5.02 Å². The molecule has 126 valence electrons. The van der Waals surface area contributed by atoms with Gasteiger partial charge in [-0.25, -0.2) is 0 Å². The van der Waals surface area contributed by atoms with E-state index >= 15 is 0 Å². The van der Waals surface area contributed by atoms with Crippen molar-refractivity contribution in [1.82, 2.24) is 4.98 Å². The maximum atomic E-state index is 12.4. The number of ether oxygens (including phenoxy) is 1. The highest BCUT2D eigenvalue weighted by Gasteiger charge is 2.31. The molecule has 1 aliphatic rings. The number of amides is 1. The van der Waals surface area contributed by atoms with Crippen molar-refractivity contribution < 1.29 is 9.53 Å². The highest BCUT2D eigenvalue weighted by atomic mass is 35.5. The van der Waals surface area contributed by atoms with Gasteiger partial charge in [0.1, 0.15) is 11.5 Å². The number of nitrogens with one attached hydrogen (secondary N) is 1. The molecule has 0 aliphatic heterocycles. The van der Waals surface area contributed by atoms with Gasteiger partial charge in [0.15, 0.2) is 0 Å². The Labute approximate surface area is 146 Å². The Morgan fingerprint density at radius 2 is 2.08 bits per heavy atom. The first-order valence-corrected chi connectivity index (χ1v) is 8.43. The molecule has 1 saturated carbocycles. The van der Waals surface area contributed by atoms with Gasteiger partial charge in [-0.05, 0) is 55.6 Å². The molecule has 1 fully saturated rings. The third kappa shape index (κ3) is 3.86. The third-order valence-corrected chi connectivity index (χ3v) is 4.67. The molecule has 6 heteroatoms. The summed E-state index contributed by atoms with van der Waals surface area (Å²) in [4.78, 5) is 16.4. The minimum atomic E-state index is -0.0125. The molecule has 0 saturated heterocycles. The fourth-order valence-electron chi connectivity index (χ4n) is 3.09. The molecule has 2 atom stereocenters. The number of carbonyl (C=O) groups is 1. The molecule has 2 aromatic rings. The average Bonchev–Trinajstić information content (AvgIpc) is 3.07. The van der Waals surface area contributed by atoms with Crippen LogP contribution in [0.1, 0.15) is 19.3 Å². The first kappa shape index (κ1) is 16.7. The van der Waals surface area contributed by atoms with Crippen molar-refractivity contribution in [2.24, 2.45) is 17.6 Å². The fourth-order valence-corrected chi connectivity index (χ4v) is 3.31. The lowest BCUT2D eigenvalue weighted by molar-refractivity contribution is -0.120. The van der Waals surface area contributed by atoms with Crippen molar-refractivity contribution in [2.45, 2.75) is 19.3 Å². The number of halogens is 1. The molecule has 1 aliphatic carbocycles. The number of nitrogens with zero attached hydrogens (tertiary/aromatic N) is 1. The van der Waals surface area contributed by atoms with Crippen molar-refractivity contribution in [3.05, 3.63) is 47.7 Å². The Balaban J connectivity index is 1.67. The van der Waals surface area contributed by atoms with Gasteiger partial charge in [-0.1, -0.05) is 18.0 Å². The summed E-state index contributed by atoms with van der Waals surface area (Å²) in [7, 11) is 0. The molecule has 0 radical (unpaired) electrons. The van der Waals surface area contributed by atoms with Crippen LogP contribution in [0.5, 0.6) is 11.5 Å². The van der Waals surface area contributed by atoms with Gasteiger partial charge >= 0.3 is 0 Å². The number of hydrogen-bond acceptors (Lipinski definition) is 4. The Bertz CT molecular complexity index is 709. The highest BCUT2D eigenvalue weighted by Crippen LogP contribution is 2.34. The van der Waals surface area contributed by atoms with E-state index in [2.05, 4.69) is 10.3 Å². The van der Waals surface area contributed by atoms with Crippen molar-refractivity contribution >= 4 is 23.2 Å². The highest BCUT2D eigenvalue weighted by molar-refractivity contribution is 6.32. The van der Waals surface area contributed by atoms with Gasteiger partial charge < -0.3 is 15.8 Å². The molecule has 1 amide bonds. The SMILES string of the molecule is NC[C@H]1CCC[C@H]1C(=O)Nc1ccc(Oc2ccncc2)c(Cl)c1. The topological polar surface area (TPSA) is 77.2 Å². The van der Waals surface area contributed by atoms with E-state index in [-0.39, 0.29) is 17.7 Å². The zero-order chi connectivity index (χ0) is 16.9. The predicted octanol–water partition coefficient (Wildman–Crippen LogP) is 3.84. The van der Waals surface area contributed by atoms with Crippen molar-refractivity contribution in [3.63, 3.8) is 0 Å². The van der Waals surface area contributed by atoms with Crippen LogP contribution in [0.3, 0.4) is 0 Å². The van der Waals surface area contributed by atoms with Crippen LogP contribution < -0.4 is 15.8 Å². The summed E-state index contributed by atoms with van der Waals surface area (Å²) in [5.41, 5.74) is 6.41. The third-order valence-electron chi connectivity index (χ3n) is 4.38. The normalized spacial score (nSPS) is 19.9. The number of nitrogens with two attached hydrogens (primary N) is 1. The molecular formula is C18H20ClN3O2. The number of pyridine rings is 1. The number of hydrogen-bond donors (Lipinski definition) is 2. The van der Waals surface area contributed by atoms with Crippen LogP contribution in [-0.4, -0.2) is 17.4 Å². The summed E-state index contributed by atoms with van der Waals surface area (Å²) in [6, 6.07) is 8.72. The van der Waals surface area contributed by atoms with Gasteiger partial charge in [-0.2, -0.15) is 0 Å². The van der Waals surface area contributed by atoms with Crippen LogP contribution in [0.4, 0.5) is 5.69 Å². The van der Waals surface area contributed by atoms with E-state index in [0.29, 0.717) is 28.8 Å². The molecule has 1 aromatic carbocycles. The van der Waals surface area contributed by atoms with Crippen LogP contribution in [-0.2, 0) is 4.79 Å². The minimum absolute atomic E-state index is 0.0125. The zero-order valence-electron chi connectivity index (χ0n) is 13.2. The summed E-state index contributed by atoms with van der Waals surface area (Å²) in [5.74, 6) is 1.46. The van der Waals surface area contributed by atoms with Crippen LogP contribution in [0.25, 0.3) is 0 Å². The largest absolute Gasteiger partial charge is 0.456 e. The Morgan fingerprint density at radius 1 is 1.29 bits per heavy atom. The van der Waals surface area contributed by atoms with Crippen molar-refractivity contribution in [2.75, 3.05) is 11.9 Å². The van der Waals surface area contributed by atoms with Crippen LogP contribution in [0, 0.1) is 11.8 Å². The first-order chi connectivity index (χ1) is 11.7. The molecule has 0 unspecified atom stereocenters. The molecule has 1 heterocycles. The van der Waals surface area contributed by atoms with Crippen molar-refractivity contribution in [3.8, 4) is 11.5 Å². The van der Waals surface area contributed by atoms with E-state index in [4.69, 9.17) is 22.1 Å². The van der Waals surface area contributed by atoms with Crippen LogP contribution in [0.15, 0.2) is 42.7 Å². The molecule has 0 spiro atoms. The number of benzene rings is 1. The fraction of sp³-hybridized carbons (Fsp3) is 0.333. The van der Waals surface area contributed by atoms with Gasteiger partial charge in [-0.15, -0.1) is 0 Å². The molecule has 0 bridgehead atoms. The van der Waals surface area contributed by atoms with Crippen molar-refractivity contribution in [1.29, 1.82) is 0 Å². The summed E-state index contributed by atoms with van der Waals surface area (Å²) < 4.78 is 5.70. The van der Waals surface area contributed by atoms with Gasteiger partial charge in [-0.3, -0.25) is 9.78 Å². The van der Waals surface area contributed by atoms with E-state index in [1.54, 1.807) is 42.7 Å². The first-order valence-electron chi connectivity index (χ1n) is 8.05. The molecule has 1 aromatic heterocycles. The molecule has 5 nitrogen and oxygen atoms in total. The summed E-state index contributed by atoms with van der Waals surface area (Å²) in [6.45, 7) is 0.553. The standard InChI is InChI=1S/C18H20ClN3O2/c19-16-10-13(22-18(23)15-3-1-2-12(15)11-20)4-5-17(16)24-14-6-8-21-9-7-14/h4-10,12,15H,1-3,11,20H2,(H,22,23)/t12-,15-/m1/s1. The molecular weight excluding hydrogens is 326 g/mol. The predicted molar refractivity (Wildman–Crippen MR) is 94.3 cm³/mol. The monoisotopic (exact) mass is 345 g/mol. The average molecular weight is 346 g/mol. The van der Waals surface area contributed by atoms with Gasteiger partial charge in [0.25, 0.3) is 0 Å². The molecule has 24 heavy (non-hydrogen) atoms. The van der Waals surface area contributed by atoms with E-state index < -0.39 is 0 Å². The second-order valence-electron chi connectivity index (χ2n) is 5.95. The molecule has 3 rings (SSSR count). The van der Waals surface area contributed by atoms with Crippen LogP contribution in [0.2, 0.25) is 5.02 Å². The van der Waals surface area contributed by atoms with E-state index in [1.165, 1.54) is 0 Å². The second kappa shape index (κ2) is 7.64. The number of aromatic nitrogens is 1. The summed E-state index contributed by atoms with van der Waals surface area (Å²) in [6.07, 6.45) is 6.26. The maximum absolute atomic E-state index is 12.4. The van der Waals surface area contributed by atoms with Gasteiger partial charge in [0, 0.05) is 24.0 Å². The maximum Gasteiger partial charge on any atom is 0.227 e. The lowest BCUT2D eigenvalue weighted by Gasteiger charge is -2.17. The van der Waals surface area contributed by atoms with E-state index in [9.17, 15) is 4.79 Å². The number of rotatable bonds is 5. The lowest BCUT2D eigenvalue weighted by Crippen LogP contribution is -2.29. The summed E-state index contributed by atoms with van der Waals surface area (Å²) >= 11 is 6.27. The number of carbonyl (C=O) groups excluding carboxylic acids is 1.